The maximum atomic E-state index is 11.1. The molecule has 18 heavy (non-hydrogen) atoms. The third-order valence-corrected chi connectivity index (χ3v) is 3.55. The van der Waals surface area contributed by atoms with Gasteiger partial charge >= 0.3 is 5.97 Å². The molecule has 0 aliphatic carbocycles. The fourth-order valence-corrected chi connectivity index (χ4v) is 2.19. The van der Waals surface area contributed by atoms with Crippen molar-refractivity contribution >= 4 is 27.6 Å². The lowest BCUT2D eigenvalue weighted by molar-refractivity contribution is -0.384. The van der Waals surface area contributed by atoms with Crippen molar-refractivity contribution in [2.24, 2.45) is 11.8 Å². The summed E-state index contributed by atoms with van der Waals surface area (Å²) in [5.74, 6) is -1.34. The summed E-state index contributed by atoms with van der Waals surface area (Å²) in [6.45, 7) is 3.69. The van der Waals surface area contributed by atoms with Crippen molar-refractivity contribution in [3.8, 4) is 0 Å². The van der Waals surface area contributed by atoms with Crippen LogP contribution in [0.1, 0.15) is 19.4 Å². The molecule has 6 heteroatoms. The van der Waals surface area contributed by atoms with Crippen LogP contribution >= 0.6 is 15.9 Å². The van der Waals surface area contributed by atoms with Crippen LogP contribution in [-0.4, -0.2) is 16.0 Å². The number of carboxylic acids is 1. The van der Waals surface area contributed by atoms with Gasteiger partial charge in [0.15, 0.2) is 0 Å². The number of nitrogens with zero attached hydrogens (tertiary/aromatic N) is 1. The molecule has 5 nitrogen and oxygen atoms in total. The van der Waals surface area contributed by atoms with Gasteiger partial charge in [0.1, 0.15) is 0 Å². The van der Waals surface area contributed by atoms with Gasteiger partial charge in [-0.3, -0.25) is 14.9 Å². The van der Waals surface area contributed by atoms with Crippen LogP contribution in [0.5, 0.6) is 0 Å². The zero-order valence-corrected chi connectivity index (χ0v) is 11.7. The van der Waals surface area contributed by atoms with Gasteiger partial charge in [-0.15, -0.1) is 0 Å². The molecule has 0 bridgehead atoms. The monoisotopic (exact) mass is 315 g/mol. The molecule has 0 fully saturated rings. The Morgan fingerprint density at radius 3 is 2.50 bits per heavy atom. The molecule has 1 unspecified atom stereocenters. The molecule has 0 saturated carbocycles. The summed E-state index contributed by atoms with van der Waals surface area (Å²) >= 11 is 3.24. The summed E-state index contributed by atoms with van der Waals surface area (Å²) in [5, 5.41) is 19.7. The van der Waals surface area contributed by atoms with Gasteiger partial charge in [-0.05, 0) is 17.9 Å². The Morgan fingerprint density at radius 1 is 1.50 bits per heavy atom. The van der Waals surface area contributed by atoms with Gasteiger partial charge in [-0.1, -0.05) is 35.8 Å². The minimum Gasteiger partial charge on any atom is -0.481 e. The highest BCUT2D eigenvalue weighted by molar-refractivity contribution is 9.10. The highest BCUT2D eigenvalue weighted by Crippen LogP contribution is 2.27. The van der Waals surface area contributed by atoms with E-state index in [1.807, 2.05) is 13.8 Å². The first-order valence-corrected chi connectivity index (χ1v) is 6.28. The van der Waals surface area contributed by atoms with Crippen molar-refractivity contribution in [3.05, 3.63) is 38.3 Å². The van der Waals surface area contributed by atoms with Crippen LogP contribution in [0.2, 0.25) is 0 Å². The van der Waals surface area contributed by atoms with Gasteiger partial charge in [0, 0.05) is 16.6 Å². The molecule has 0 aromatic heterocycles. The molecule has 1 atom stereocenters. The van der Waals surface area contributed by atoms with Gasteiger partial charge < -0.3 is 5.11 Å². The minimum atomic E-state index is -0.852. The molecule has 0 spiro atoms. The fraction of sp³-hybridized carbons (Fsp3) is 0.417. The van der Waals surface area contributed by atoms with E-state index in [2.05, 4.69) is 15.9 Å². The number of rotatable bonds is 5. The normalized spacial score (nSPS) is 12.4. The molecule has 0 radical (unpaired) electrons. The molecule has 1 aromatic rings. The number of benzene rings is 1. The number of hydrogen-bond donors (Lipinski definition) is 1. The number of aliphatic carboxylic acids is 1. The largest absolute Gasteiger partial charge is 0.481 e. The molecule has 1 aromatic carbocycles. The second-order valence-corrected chi connectivity index (χ2v) is 5.28. The predicted octanol–water partition coefficient (Wildman–Crippen LogP) is 3.26. The Hall–Kier alpha value is -1.43. The molecule has 0 saturated heterocycles. The summed E-state index contributed by atoms with van der Waals surface area (Å²) in [6.07, 6.45) is 0.353. The lowest BCUT2D eigenvalue weighted by Crippen LogP contribution is -2.22. The summed E-state index contributed by atoms with van der Waals surface area (Å²) in [6, 6.07) is 4.38. The molecule has 1 N–H and O–H groups in total. The number of carbonyl (C=O) groups is 1. The zero-order valence-electron chi connectivity index (χ0n) is 10.1. The van der Waals surface area contributed by atoms with Crippen LogP contribution in [0.4, 0.5) is 5.69 Å². The SMILES string of the molecule is CC(C)C(Cc1ccc([N+](=O)[O-])cc1Br)C(=O)O. The Bertz CT molecular complexity index is 473. The molecular weight excluding hydrogens is 302 g/mol. The van der Waals surface area contributed by atoms with E-state index >= 15 is 0 Å². The van der Waals surface area contributed by atoms with E-state index in [0.29, 0.717) is 10.9 Å². The van der Waals surface area contributed by atoms with Crippen LogP contribution < -0.4 is 0 Å². The molecular formula is C12H14BrNO4. The van der Waals surface area contributed by atoms with E-state index in [9.17, 15) is 14.9 Å². The lowest BCUT2D eigenvalue weighted by Gasteiger charge is -2.16. The van der Waals surface area contributed by atoms with Crippen molar-refractivity contribution in [2.75, 3.05) is 0 Å². The Labute approximate surface area is 113 Å². The Morgan fingerprint density at radius 2 is 2.11 bits per heavy atom. The summed E-state index contributed by atoms with van der Waals surface area (Å²) < 4.78 is 0.573. The second-order valence-electron chi connectivity index (χ2n) is 4.43. The highest BCUT2D eigenvalue weighted by Gasteiger charge is 2.23. The van der Waals surface area contributed by atoms with E-state index in [1.165, 1.54) is 12.1 Å². The van der Waals surface area contributed by atoms with E-state index < -0.39 is 16.8 Å². The van der Waals surface area contributed by atoms with Crippen LogP contribution in [0, 0.1) is 22.0 Å². The van der Waals surface area contributed by atoms with Crippen molar-refractivity contribution in [1.82, 2.24) is 0 Å². The third-order valence-electron chi connectivity index (χ3n) is 2.81. The minimum absolute atomic E-state index is 0.00425. The molecule has 1 rings (SSSR count). The number of halogens is 1. The average Bonchev–Trinajstić information content (AvgIpc) is 2.25. The molecule has 98 valence electrons. The summed E-state index contributed by atoms with van der Waals surface area (Å²) in [4.78, 5) is 21.2. The molecule has 0 aliphatic rings. The van der Waals surface area contributed by atoms with E-state index in [-0.39, 0.29) is 11.6 Å². The smallest absolute Gasteiger partial charge is 0.307 e. The number of nitro benzene ring substituents is 1. The van der Waals surface area contributed by atoms with Gasteiger partial charge in [0.2, 0.25) is 0 Å². The number of non-ortho nitro benzene ring substituents is 1. The maximum Gasteiger partial charge on any atom is 0.307 e. The van der Waals surface area contributed by atoms with Gasteiger partial charge in [-0.25, -0.2) is 0 Å². The standard InChI is InChI=1S/C12H14BrNO4/c1-7(2)10(12(15)16)5-8-3-4-9(14(17)18)6-11(8)13/h3-4,6-7,10H,5H2,1-2H3,(H,15,16). The predicted molar refractivity (Wildman–Crippen MR) is 70.5 cm³/mol. The third kappa shape index (κ3) is 3.53. The average molecular weight is 316 g/mol. The first-order chi connectivity index (χ1) is 8.32. The van der Waals surface area contributed by atoms with E-state index in [4.69, 9.17) is 5.11 Å². The maximum absolute atomic E-state index is 11.1. The number of nitro groups is 1. The van der Waals surface area contributed by atoms with Crippen molar-refractivity contribution < 1.29 is 14.8 Å². The fourth-order valence-electron chi connectivity index (χ4n) is 1.66. The van der Waals surface area contributed by atoms with Gasteiger partial charge in [0.25, 0.3) is 5.69 Å². The van der Waals surface area contributed by atoms with Crippen molar-refractivity contribution in [3.63, 3.8) is 0 Å². The van der Waals surface area contributed by atoms with Crippen LogP contribution in [0.3, 0.4) is 0 Å². The van der Waals surface area contributed by atoms with Crippen LogP contribution in [0.15, 0.2) is 22.7 Å². The summed E-state index contributed by atoms with van der Waals surface area (Å²) in [5.41, 5.74) is 0.753. The van der Waals surface area contributed by atoms with Crippen LogP contribution in [0.25, 0.3) is 0 Å². The van der Waals surface area contributed by atoms with Gasteiger partial charge in [0.05, 0.1) is 10.8 Å². The zero-order chi connectivity index (χ0) is 13.9. The van der Waals surface area contributed by atoms with E-state index in [0.717, 1.165) is 5.56 Å². The quantitative estimate of drug-likeness (QED) is 0.668. The number of hydrogen-bond acceptors (Lipinski definition) is 3. The van der Waals surface area contributed by atoms with E-state index in [1.54, 1.807) is 6.07 Å². The van der Waals surface area contributed by atoms with Crippen molar-refractivity contribution in [1.29, 1.82) is 0 Å². The topological polar surface area (TPSA) is 80.4 Å². The van der Waals surface area contributed by atoms with Gasteiger partial charge in [-0.2, -0.15) is 0 Å². The second kappa shape index (κ2) is 5.95. The Kier molecular flexibility index (Phi) is 4.84. The molecule has 0 amide bonds. The highest BCUT2D eigenvalue weighted by atomic mass is 79.9. The summed E-state index contributed by atoms with van der Waals surface area (Å²) in [7, 11) is 0. The molecule has 0 aliphatic heterocycles. The van der Waals surface area contributed by atoms with Crippen LogP contribution in [-0.2, 0) is 11.2 Å². The van der Waals surface area contributed by atoms with Crippen molar-refractivity contribution in [2.45, 2.75) is 20.3 Å². The Balaban J connectivity index is 2.97. The first kappa shape index (κ1) is 14.6. The molecule has 0 heterocycles. The number of carboxylic acid groups (broad SMARTS) is 1. The first-order valence-electron chi connectivity index (χ1n) is 5.48. The lowest BCUT2D eigenvalue weighted by atomic mass is 9.89.